The van der Waals surface area contributed by atoms with E-state index >= 15 is 0 Å². The molecule has 3 rings (SSSR count). The molecule has 6 heteroatoms. The molecule has 0 spiro atoms. The van der Waals surface area contributed by atoms with Gasteiger partial charge >= 0.3 is 0 Å². The maximum atomic E-state index is 5.45. The summed E-state index contributed by atoms with van der Waals surface area (Å²) in [5, 5.41) is 4.24. The number of aromatic nitrogens is 4. The van der Waals surface area contributed by atoms with Gasteiger partial charge < -0.3 is 9.30 Å². The maximum absolute atomic E-state index is 5.45. The van der Waals surface area contributed by atoms with E-state index in [0.717, 1.165) is 51.6 Å². The molecular weight excluding hydrogens is 290 g/mol. The van der Waals surface area contributed by atoms with E-state index in [9.17, 15) is 0 Å². The first kappa shape index (κ1) is 16.2. The Morgan fingerprint density at radius 2 is 2.04 bits per heavy atom. The lowest BCUT2D eigenvalue weighted by Gasteiger charge is -2.34. The Hall–Kier alpha value is -1.66. The van der Waals surface area contributed by atoms with Gasteiger partial charge in [0.15, 0.2) is 0 Å². The Kier molecular flexibility index (Phi) is 4.82. The second-order valence-electron chi connectivity index (χ2n) is 6.99. The van der Waals surface area contributed by atoms with Gasteiger partial charge in [-0.1, -0.05) is 13.8 Å². The van der Waals surface area contributed by atoms with E-state index in [1.165, 1.54) is 5.56 Å². The fourth-order valence-corrected chi connectivity index (χ4v) is 3.31. The number of rotatable bonds is 6. The molecule has 0 atom stereocenters. The van der Waals surface area contributed by atoms with Gasteiger partial charge in [-0.05, 0) is 12.0 Å². The zero-order chi connectivity index (χ0) is 16.3. The molecule has 3 heterocycles. The molecular formula is C17H27N5O. The minimum Gasteiger partial charge on any atom is -0.379 e. The van der Waals surface area contributed by atoms with Crippen molar-refractivity contribution in [3.63, 3.8) is 0 Å². The van der Waals surface area contributed by atoms with Crippen LogP contribution >= 0.6 is 0 Å². The fourth-order valence-electron chi connectivity index (χ4n) is 3.31. The monoisotopic (exact) mass is 317 g/mol. The van der Waals surface area contributed by atoms with Gasteiger partial charge in [0.1, 0.15) is 5.82 Å². The number of hydrogen-bond acceptors (Lipinski definition) is 4. The van der Waals surface area contributed by atoms with Gasteiger partial charge in [0.05, 0.1) is 19.4 Å². The molecule has 126 valence electrons. The van der Waals surface area contributed by atoms with Crippen molar-refractivity contribution < 1.29 is 4.74 Å². The average Bonchev–Trinajstić information content (AvgIpc) is 3.14. The molecule has 2 aromatic rings. The molecule has 1 aliphatic rings. The highest BCUT2D eigenvalue weighted by Crippen LogP contribution is 2.23. The smallest absolute Gasteiger partial charge is 0.115 e. The molecule has 1 aliphatic heterocycles. The highest BCUT2D eigenvalue weighted by Gasteiger charge is 2.29. The van der Waals surface area contributed by atoms with Gasteiger partial charge in [0.25, 0.3) is 0 Å². The second kappa shape index (κ2) is 6.84. The molecule has 23 heavy (non-hydrogen) atoms. The number of nitrogens with zero attached hydrogens (tertiary/aromatic N) is 5. The summed E-state index contributed by atoms with van der Waals surface area (Å²) in [5.41, 5.74) is 1.29. The van der Waals surface area contributed by atoms with Crippen LogP contribution in [0.4, 0.5) is 0 Å². The number of ether oxygens (including phenoxy) is 1. The molecule has 0 unspecified atom stereocenters. The Morgan fingerprint density at radius 3 is 2.74 bits per heavy atom. The maximum Gasteiger partial charge on any atom is 0.115 e. The molecule has 0 aromatic carbocycles. The Balaban J connectivity index is 1.65. The summed E-state index contributed by atoms with van der Waals surface area (Å²) in [4.78, 5) is 7.13. The zero-order valence-electron chi connectivity index (χ0n) is 14.4. The quantitative estimate of drug-likeness (QED) is 0.809. The number of morpholine rings is 1. The lowest BCUT2D eigenvalue weighted by Crippen LogP contribution is -2.44. The Bertz CT molecular complexity index is 624. The van der Waals surface area contributed by atoms with Crippen molar-refractivity contribution in [2.45, 2.75) is 32.2 Å². The van der Waals surface area contributed by atoms with Crippen LogP contribution in [0, 0.1) is 0 Å². The first-order valence-electron chi connectivity index (χ1n) is 8.34. The molecule has 0 bridgehead atoms. The van der Waals surface area contributed by atoms with Gasteiger partial charge in [0.2, 0.25) is 0 Å². The van der Waals surface area contributed by atoms with Crippen LogP contribution in [0.2, 0.25) is 0 Å². The molecule has 0 saturated carbocycles. The number of aryl methyl sites for hydroxylation is 3. The average molecular weight is 317 g/mol. The van der Waals surface area contributed by atoms with Crippen molar-refractivity contribution in [1.82, 2.24) is 24.2 Å². The van der Waals surface area contributed by atoms with Gasteiger partial charge in [-0.15, -0.1) is 0 Å². The summed E-state index contributed by atoms with van der Waals surface area (Å²) in [5.74, 6) is 1.16. The van der Waals surface area contributed by atoms with Crippen molar-refractivity contribution in [1.29, 1.82) is 0 Å². The van der Waals surface area contributed by atoms with Gasteiger partial charge in [0, 0.05) is 57.2 Å². The molecule has 6 nitrogen and oxygen atoms in total. The summed E-state index contributed by atoms with van der Waals surface area (Å²) < 4.78 is 9.59. The number of hydrogen-bond donors (Lipinski definition) is 0. The van der Waals surface area contributed by atoms with E-state index in [0.29, 0.717) is 0 Å². The Morgan fingerprint density at radius 1 is 1.26 bits per heavy atom. The predicted molar refractivity (Wildman–Crippen MR) is 89.4 cm³/mol. The SMILES string of the molecule is Cn1cc(CCn2ccnc2C(C)(C)CN2CCOCC2)cn1. The summed E-state index contributed by atoms with van der Waals surface area (Å²) in [7, 11) is 1.96. The lowest BCUT2D eigenvalue weighted by molar-refractivity contribution is 0.0286. The highest BCUT2D eigenvalue weighted by atomic mass is 16.5. The molecule has 2 aromatic heterocycles. The van der Waals surface area contributed by atoms with Crippen LogP contribution in [0.1, 0.15) is 25.2 Å². The molecule has 0 radical (unpaired) electrons. The van der Waals surface area contributed by atoms with E-state index in [1.807, 2.05) is 24.1 Å². The molecule has 0 N–H and O–H groups in total. The predicted octanol–water partition coefficient (Wildman–Crippen LogP) is 1.47. The van der Waals surface area contributed by atoms with Crippen molar-refractivity contribution in [2.75, 3.05) is 32.8 Å². The first-order valence-corrected chi connectivity index (χ1v) is 8.34. The lowest BCUT2D eigenvalue weighted by atomic mass is 9.91. The number of imidazole rings is 1. The van der Waals surface area contributed by atoms with Gasteiger partial charge in [-0.25, -0.2) is 4.98 Å². The van der Waals surface area contributed by atoms with E-state index in [4.69, 9.17) is 4.74 Å². The summed E-state index contributed by atoms with van der Waals surface area (Å²) in [6.45, 7) is 10.2. The van der Waals surface area contributed by atoms with Gasteiger partial charge in [-0.3, -0.25) is 9.58 Å². The van der Waals surface area contributed by atoms with Crippen LogP contribution in [0.3, 0.4) is 0 Å². The normalized spacial score (nSPS) is 16.8. The van der Waals surface area contributed by atoms with Crippen LogP contribution in [-0.2, 0) is 30.2 Å². The third-order valence-electron chi connectivity index (χ3n) is 4.44. The standard InChI is InChI=1S/C17H27N5O/c1-17(2,14-21-8-10-23-11-9-21)16-18-5-7-22(16)6-4-15-12-19-20(3)13-15/h5,7,12-13H,4,6,8-11,14H2,1-3H3. The topological polar surface area (TPSA) is 48.1 Å². The van der Waals surface area contributed by atoms with E-state index in [1.54, 1.807) is 0 Å². The van der Waals surface area contributed by atoms with Gasteiger partial charge in [-0.2, -0.15) is 5.10 Å². The zero-order valence-corrected chi connectivity index (χ0v) is 14.4. The summed E-state index contributed by atoms with van der Waals surface area (Å²) in [6.07, 6.45) is 9.00. The van der Waals surface area contributed by atoms with Crippen molar-refractivity contribution in [3.8, 4) is 0 Å². The van der Waals surface area contributed by atoms with Crippen LogP contribution in [0.15, 0.2) is 24.8 Å². The first-order chi connectivity index (χ1) is 11.0. The fraction of sp³-hybridized carbons (Fsp3) is 0.647. The Labute approximate surface area is 138 Å². The second-order valence-corrected chi connectivity index (χ2v) is 6.99. The summed E-state index contributed by atoms with van der Waals surface area (Å²) in [6, 6.07) is 0. The minimum atomic E-state index is 0.0236. The van der Waals surface area contributed by atoms with Crippen molar-refractivity contribution in [3.05, 3.63) is 36.2 Å². The molecule has 1 fully saturated rings. The molecule has 1 saturated heterocycles. The third-order valence-corrected chi connectivity index (χ3v) is 4.44. The molecule has 0 amide bonds. The van der Waals surface area contributed by atoms with Crippen LogP contribution in [-0.4, -0.2) is 57.1 Å². The van der Waals surface area contributed by atoms with E-state index in [2.05, 4.69) is 45.8 Å². The van der Waals surface area contributed by atoms with Crippen molar-refractivity contribution >= 4 is 0 Å². The highest BCUT2D eigenvalue weighted by molar-refractivity contribution is 5.10. The van der Waals surface area contributed by atoms with Crippen LogP contribution < -0.4 is 0 Å². The van der Waals surface area contributed by atoms with E-state index < -0.39 is 0 Å². The largest absolute Gasteiger partial charge is 0.379 e. The van der Waals surface area contributed by atoms with Crippen molar-refractivity contribution in [2.24, 2.45) is 7.05 Å². The van der Waals surface area contributed by atoms with Crippen LogP contribution in [0.25, 0.3) is 0 Å². The molecule has 0 aliphatic carbocycles. The van der Waals surface area contributed by atoms with Crippen LogP contribution in [0.5, 0.6) is 0 Å². The van der Waals surface area contributed by atoms with E-state index in [-0.39, 0.29) is 5.41 Å². The third kappa shape index (κ3) is 4.00. The minimum absolute atomic E-state index is 0.0236. The summed E-state index contributed by atoms with van der Waals surface area (Å²) >= 11 is 0.